The molecule has 0 saturated carbocycles. The number of hydrogen-bond acceptors (Lipinski definition) is 7. The Morgan fingerprint density at radius 2 is 1.72 bits per heavy atom. The second-order valence-corrected chi connectivity index (χ2v) is 11.7. The fourth-order valence-corrected chi connectivity index (χ4v) is 5.96. The van der Waals surface area contributed by atoms with Crippen molar-refractivity contribution in [1.82, 2.24) is 24.6 Å². The van der Waals surface area contributed by atoms with Crippen molar-refractivity contribution in [3.63, 3.8) is 0 Å². The minimum Gasteiger partial charge on any atom is -0.492 e. The number of nitrogens with zero attached hydrogens (tertiary/aromatic N) is 6. The largest absolute Gasteiger partial charge is 0.492 e. The van der Waals surface area contributed by atoms with E-state index in [-0.39, 0.29) is 46.8 Å². The second kappa shape index (κ2) is 14.4. The van der Waals surface area contributed by atoms with E-state index < -0.39 is 29.7 Å². The molecular weight excluding hydrogens is 641 g/mol. The number of carbonyl (C=O) groups excluding carboxylic acids is 2. The minimum absolute atomic E-state index is 0.00254. The van der Waals surface area contributed by atoms with Gasteiger partial charge in [-0.2, -0.15) is 5.10 Å². The Hall–Kier alpha value is -4.26. The SMILES string of the molecule is CC(=O)N1CCN(c2ccc(OCCN(CC(O)(Cn3cncn3)c3ccc(F)cc3F)C(=O)c3c(Cl)cccc3Cl)cc2)CC1. The third-order valence-corrected chi connectivity index (χ3v) is 8.43. The first kappa shape index (κ1) is 33.1. The summed E-state index contributed by atoms with van der Waals surface area (Å²) >= 11 is 12.7. The van der Waals surface area contributed by atoms with Gasteiger partial charge >= 0.3 is 0 Å². The molecule has 10 nitrogen and oxygen atoms in total. The summed E-state index contributed by atoms with van der Waals surface area (Å²) < 4.78 is 36.2. The Labute approximate surface area is 274 Å². The first-order chi connectivity index (χ1) is 22.0. The molecule has 1 saturated heterocycles. The summed E-state index contributed by atoms with van der Waals surface area (Å²) in [5, 5.41) is 16.2. The normalized spacial score (nSPS) is 14.6. The lowest BCUT2D eigenvalue weighted by Gasteiger charge is -2.35. The predicted molar refractivity (Wildman–Crippen MR) is 169 cm³/mol. The van der Waals surface area contributed by atoms with E-state index in [0.717, 1.165) is 17.8 Å². The Balaban J connectivity index is 1.36. The zero-order chi connectivity index (χ0) is 32.8. The zero-order valence-electron chi connectivity index (χ0n) is 25.0. The molecule has 0 radical (unpaired) electrons. The number of hydrogen-bond donors (Lipinski definition) is 1. The Kier molecular flexibility index (Phi) is 10.4. The van der Waals surface area contributed by atoms with E-state index in [4.69, 9.17) is 27.9 Å². The molecule has 1 N–H and O–H groups in total. The van der Waals surface area contributed by atoms with Crippen LogP contribution in [-0.4, -0.2) is 87.4 Å². The molecule has 14 heteroatoms. The summed E-state index contributed by atoms with van der Waals surface area (Å²) in [4.78, 5) is 34.7. The van der Waals surface area contributed by atoms with Gasteiger partial charge in [0, 0.05) is 50.4 Å². The fourth-order valence-electron chi connectivity index (χ4n) is 5.40. The second-order valence-electron chi connectivity index (χ2n) is 10.9. The number of amides is 2. The first-order valence-electron chi connectivity index (χ1n) is 14.5. The smallest absolute Gasteiger partial charge is 0.257 e. The molecule has 1 aliphatic heterocycles. The van der Waals surface area contributed by atoms with Crippen molar-refractivity contribution >= 4 is 40.7 Å². The van der Waals surface area contributed by atoms with E-state index in [1.807, 2.05) is 17.0 Å². The topological polar surface area (TPSA) is 104 Å². The molecule has 2 amide bonds. The Morgan fingerprint density at radius 1 is 1.02 bits per heavy atom. The predicted octanol–water partition coefficient (Wildman–Crippen LogP) is 4.64. The van der Waals surface area contributed by atoms with Crippen LogP contribution in [0.4, 0.5) is 14.5 Å². The van der Waals surface area contributed by atoms with Crippen LogP contribution in [0.2, 0.25) is 10.0 Å². The van der Waals surface area contributed by atoms with E-state index >= 15 is 4.39 Å². The highest BCUT2D eigenvalue weighted by Gasteiger charge is 2.38. The van der Waals surface area contributed by atoms with Gasteiger partial charge in [-0.25, -0.2) is 18.4 Å². The lowest BCUT2D eigenvalue weighted by atomic mass is 9.92. The number of ether oxygens (including phenoxy) is 1. The number of carbonyl (C=O) groups is 2. The summed E-state index contributed by atoms with van der Waals surface area (Å²) in [6.07, 6.45) is 2.58. The molecule has 0 bridgehead atoms. The van der Waals surface area contributed by atoms with E-state index in [1.54, 1.807) is 25.1 Å². The lowest BCUT2D eigenvalue weighted by molar-refractivity contribution is -0.129. The summed E-state index contributed by atoms with van der Waals surface area (Å²) in [5.41, 5.74) is -1.33. The fraction of sp³-hybridized carbons (Fsp3) is 0.312. The number of benzene rings is 3. The molecule has 46 heavy (non-hydrogen) atoms. The van der Waals surface area contributed by atoms with Gasteiger partial charge in [0.2, 0.25) is 5.91 Å². The highest BCUT2D eigenvalue weighted by Crippen LogP contribution is 2.31. The van der Waals surface area contributed by atoms with Crippen LogP contribution in [0.25, 0.3) is 0 Å². The summed E-state index contributed by atoms with van der Waals surface area (Å²) in [5.74, 6) is -1.84. The summed E-state index contributed by atoms with van der Waals surface area (Å²) in [6, 6.07) is 14.9. The van der Waals surface area contributed by atoms with Crippen molar-refractivity contribution in [2.24, 2.45) is 0 Å². The van der Waals surface area contributed by atoms with Crippen LogP contribution >= 0.6 is 23.2 Å². The van der Waals surface area contributed by atoms with Crippen LogP contribution in [0, 0.1) is 11.6 Å². The Morgan fingerprint density at radius 3 is 2.33 bits per heavy atom. The molecular formula is C32H32Cl2F2N6O4. The van der Waals surface area contributed by atoms with Crippen molar-refractivity contribution in [3.05, 3.63) is 106 Å². The van der Waals surface area contributed by atoms with Crippen molar-refractivity contribution in [3.8, 4) is 5.75 Å². The molecule has 1 fully saturated rings. The summed E-state index contributed by atoms with van der Waals surface area (Å²) in [6.45, 7) is 3.48. The molecule has 242 valence electrons. The molecule has 0 spiro atoms. The van der Waals surface area contributed by atoms with Gasteiger partial charge in [-0.15, -0.1) is 0 Å². The molecule has 1 aliphatic rings. The van der Waals surface area contributed by atoms with Crippen LogP contribution in [0.15, 0.2) is 73.3 Å². The first-order valence-corrected chi connectivity index (χ1v) is 15.3. The number of halogens is 4. The van der Waals surface area contributed by atoms with Gasteiger partial charge in [-0.3, -0.25) is 9.59 Å². The number of rotatable bonds is 11. The van der Waals surface area contributed by atoms with Crippen molar-refractivity contribution < 1.29 is 28.2 Å². The van der Waals surface area contributed by atoms with Crippen molar-refractivity contribution in [1.29, 1.82) is 0 Å². The minimum atomic E-state index is -2.08. The van der Waals surface area contributed by atoms with Crippen LogP contribution in [0.5, 0.6) is 5.75 Å². The molecule has 3 aromatic carbocycles. The van der Waals surface area contributed by atoms with Gasteiger partial charge in [0.15, 0.2) is 0 Å². The maximum absolute atomic E-state index is 15.1. The van der Waals surface area contributed by atoms with Gasteiger partial charge in [0.25, 0.3) is 5.91 Å². The highest BCUT2D eigenvalue weighted by molar-refractivity contribution is 6.39. The molecule has 1 unspecified atom stereocenters. The quantitative estimate of drug-likeness (QED) is 0.248. The van der Waals surface area contributed by atoms with Gasteiger partial charge in [0.05, 0.1) is 35.2 Å². The van der Waals surface area contributed by atoms with Crippen molar-refractivity contribution in [2.45, 2.75) is 19.1 Å². The van der Waals surface area contributed by atoms with Crippen molar-refractivity contribution in [2.75, 3.05) is 50.8 Å². The molecule has 1 aromatic heterocycles. The van der Waals surface area contributed by atoms with Gasteiger partial charge in [-0.05, 0) is 42.5 Å². The van der Waals surface area contributed by atoms with E-state index in [9.17, 15) is 19.1 Å². The maximum Gasteiger partial charge on any atom is 0.257 e. The molecule has 0 aliphatic carbocycles. The van der Waals surface area contributed by atoms with E-state index in [1.165, 1.54) is 34.4 Å². The third-order valence-electron chi connectivity index (χ3n) is 7.80. The van der Waals surface area contributed by atoms with Crippen LogP contribution < -0.4 is 9.64 Å². The molecule has 1 atom stereocenters. The van der Waals surface area contributed by atoms with Gasteiger partial charge in [-0.1, -0.05) is 35.3 Å². The maximum atomic E-state index is 15.1. The molecule has 4 aromatic rings. The van der Waals surface area contributed by atoms with Crippen LogP contribution in [-0.2, 0) is 16.9 Å². The number of aromatic nitrogens is 3. The average molecular weight is 674 g/mol. The van der Waals surface area contributed by atoms with E-state index in [2.05, 4.69) is 15.0 Å². The summed E-state index contributed by atoms with van der Waals surface area (Å²) in [7, 11) is 0. The Bertz CT molecular complexity index is 1650. The lowest BCUT2D eigenvalue weighted by Crippen LogP contribution is -2.48. The monoisotopic (exact) mass is 672 g/mol. The number of piperazine rings is 1. The number of aliphatic hydroxyl groups is 1. The zero-order valence-corrected chi connectivity index (χ0v) is 26.5. The number of anilines is 1. The standard InChI is InChI=1S/C32H32Cl2F2N6O4/c1-22(43)39-11-13-40(14-12-39)24-6-8-25(9-7-24)46-16-15-41(31(44)30-27(33)3-2-4-28(30)34)18-32(45,19-42-21-37-20-38-42)26-10-5-23(35)17-29(26)36/h2-10,17,20-21,45H,11-16,18-19H2,1H3. The van der Waals surface area contributed by atoms with Crippen LogP contribution in [0.3, 0.4) is 0 Å². The average Bonchev–Trinajstić information content (AvgIpc) is 3.53. The molecule has 5 rings (SSSR count). The van der Waals surface area contributed by atoms with E-state index in [0.29, 0.717) is 38.0 Å². The van der Waals surface area contributed by atoms with Crippen LogP contribution in [0.1, 0.15) is 22.8 Å². The van der Waals surface area contributed by atoms with Gasteiger partial charge in [0.1, 0.15) is 42.2 Å². The third kappa shape index (κ3) is 7.75. The highest BCUT2D eigenvalue weighted by atomic mass is 35.5. The molecule has 2 heterocycles. The van der Waals surface area contributed by atoms with Gasteiger partial charge < -0.3 is 24.5 Å².